The number of alkyl halides is 1. The van der Waals surface area contributed by atoms with E-state index in [9.17, 15) is 14.3 Å². The van der Waals surface area contributed by atoms with Crippen LogP contribution in [0.3, 0.4) is 0 Å². The van der Waals surface area contributed by atoms with Gasteiger partial charge in [0.05, 0.1) is 5.56 Å². The number of hydrogen-bond acceptors (Lipinski definition) is 4. The second-order valence-corrected chi connectivity index (χ2v) is 6.56. The van der Waals surface area contributed by atoms with Crippen LogP contribution >= 0.6 is 0 Å². The summed E-state index contributed by atoms with van der Waals surface area (Å²) in [6.07, 6.45) is -0.290. The third-order valence-corrected chi connectivity index (χ3v) is 4.52. The first kappa shape index (κ1) is 19.6. The summed E-state index contributed by atoms with van der Waals surface area (Å²) in [4.78, 5) is 19.0. The Kier molecular flexibility index (Phi) is 6.42. The molecule has 0 bridgehead atoms. The summed E-state index contributed by atoms with van der Waals surface area (Å²) in [5.74, 6) is 0.587. The summed E-state index contributed by atoms with van der Waals surface area (Å²) < 4.78 is 19.1. The minimum Gasteiger partial charge on any atom is -0.493 e. The summed E-state index contributed by atoms with van der Waals surface area (Å²) in [5, 5.41) is 10.1. The van der Waals surface area contributed by atoms with Gasteiger partial charge in [0.1, 0.15) is 24.4 Å². The van der Waals surface area contributed by atoms with E-state index in [1.165, 1.54) is 0 Å². The van der Waals surface area contributed by atoms with Gasteiger partial charge in [-0.15, -0.1) is 0 Å². The standard InChI is InChI=1S/C22H23FN2O3/c1-2-17(23)10-13-19-21(26)24-20(25-22(19)27)16-8-11-18(12-9-16)28-14-15-6-4-3-5-7-15/h3-9,11-12,17H,2,10,13-14H2,1H3,(H2,24,25,26,27)/t17-/m0/s1. The topological polar surface area (TPSA) is 75.2 Å². The van der Waals surface area contributed by atoms with Gasteiger partial charge in [-0.3, -0.25) is 4.79 Å². The number of H-pyrrole nitrogens is 1. The minimum atomic E-state index is -0.998. The first-order valence-electron chi connectivity index (χ1n) is 9.30. The molecule has 0 spiro atoms. The lowest BCUT2D eigenvalue weighted by Gasteiger charge is -2.09. The van der Waals surface area contributed by atoms with Crippen molar-refractivity contribution in [1.82, 2.24) is 9.97 Å². The Hall–Kier alpha value is -3.15. The maximum absolute atomic E-state index is 13.4. The van der Waals surface area contributed by atoms with Gasteiger partial charge in [-0.1, -0.05) is 37.3 Å². The van der Waals surface area contributed by atoms with Gasteiger partial charge in [-0.25, -0.2) is 4.39 Å². The average Bonchev–Trinajstić information content (AvgIpc) is 2.72. The largest absolute Gasteiger partial charge is 0.493 e. The van der Waals surface area contributed by atoms with Crippen molar-refractivity contribution in [3.05, 3.63) is 76.1 Å². The Morgan fingerprint density at radius 1 is 1.14 bits per heavy atom. The molecule has 3 rings (SSSR count). The van der Waals surface area contributed by atoms with Crippen LogP contribution in [-0.2, 0) is 13.0 Å². The number of rotatable bonds is 8. The summed E-state index contributed by atoms with van der Waals surface area (Å²) in [6.45, 7) is 2.20. The molecule has 0 aliphatic heterocycles. The fourth-order valence-electron chi connectivity index (χ4n) is 2.80. The minimum absolute atomic E-state index is 0.114. The van der Waals surface area contributed by atoms with Crippen molar-refractivity contribution in [1.29, 1.82) is 0 Å². The van der Waals surface area contributed by atoms with Crippen molar-refractivity contribution >= 4 is 0 Å². The lowest BCUT2D eigenvalue weighted by Crippen LogP contribution is -2.16. The number of aromatic nitrogens is 2. The van der Waals surface area contributed by atoms with Crippen molar-refractivity contribution in [3.8, 4) is 23.0 Å². The molecule has 0 saturated heterocycles. The van der Waals surface area contributed by atoms with Gasteiger partial charge in [0.25, 0.3) is 5.56 Å². The molecule has 5 nitrogen and oxygen atoms in total. The fraction of sp³-hybridized carbons (Fsp3) is 0.273. The van der Waals surface area contributed by atoms with Gasteiger partial charge in [-0.2, -0.15) is 4.98 Å². The van der Waals surface area contributed by atoms with E-state index < -0.39 is 11.7 Å². The van der Waals surface area contributed by atoms with Crippen LogP contribution in [0.15, 0.2) is 59.4 Å². The van der Waals surface area contributed by atoms with E-state index >= 15 is 0 Å². The van der Waals surface area contributed by atoms with Gasteiger partial charge in [0.15, 0.2) is 0 Å². The quantitative estimate of drug-likeness (QED) is 0.605. The SMILES string of the molecule is CC[C@H](F)CCc1c(O)nc(-c2ccc(OCc3ccccc3)cc2)[nH]c1=O. The molecule has 1 aromatic heterocycles. The first-order chi connectivity index (χ1) is 13.6. The number of benzene rings is 2. The highest BCUT2D eigenvalue weighted by Crippen LogP contribution is 2.22. The predicted octanol–water partition coefficient (Wildman–Crippen LogP) is 4.40. The van der Waals surface area contributed by atoms with Gasteiger partial charge < -0.3 is 14.8 Å². The normalized spacial score (nSPS) is 11.9. The molecule has 1 atom stereocenters. The molecule has 0 aliphatic rings. The zero-order valence-electron chi connectivity index (χ0n) is 15.7. The highest BCUT2D eigenvalue weighted by atomic mass is 19.1. The molecule has 1 heterocycles. The predicted molar refractivity (Wildman–Crippen MR) is 106 cm³/mol. The summed E-state index contributed by atoms with van der Waals surface area (Å²) in [7, 11) is 0. The molecular formula is C22H23FN2O3. The summed E-state index contributed by atoms with van der Waals surface area (Å²) in [5.41, 5.74) is 1.37. The van der Waals surface area contributed by atoms with Gasteiger partial charge >= 0.3 is 0 Å². The van der Waals surface area contributed by atoms with Crippen molar-refractivity contribution < 1.29 is 14.2 Å². The van der Waals surface area contributed by atoms with Crippen LogP contribution in [-0.4, -0.2) is 21.2 Å². The second kappa shape index (κ2) is 9.17. The number of nitrogens with one attached hydrogen (secondary N) is 1. The van der Waals surface area contributed by atoms with Crippen molar-refractivity contribution in [2.75, 3.05) is 0 Å². The highest BCUT2D eigenvalue weighted by Gasteiger charge is 2.14. The summed E-state index contributed by atoms with van der Waals surface area (Å²) >= 11 is 0. The Morgan fingerprint density at radius 3 is 2.50 bits per heavy atom. The second-order valence-electron chi connectivity index (χ2n) is 6.56. The Balaban J connectivity index is 1.70. The Bertz CT molecular complexity index is 956. The number of aromatic amines is 1. The highest BCUT2D eigenvalue weighted by molar-refractivity contribution is 5.57. The third-order valence-electron chi connectivity index (χ3n) is 4.52. The maximum Gasteiger partial charge on any atom is 0.258 e. The van der Waals surface area contributed by atoms with Gasteiger partial charge in [0.2, 0.25) is 5.88 Å². The van der Waals surface area contributed by atoms with Crippen molar-refractivity contribution in [2.24, 2.45) is 0 Å². The lowest BCUT2D eigenvalue weighted by atomic mass is 10.1. The number of ether oxygens (including phenoxy) is 1. The molecule has 0 amide bonds. The first-order valence-corrected chi connectivity index (χ1v) is 9.30. The average molecular weight is 382 g/mol. The van der Waals surface area contributed by atoms with E-state index in [1.54, 1.807) is 31.2 Å². The molecular weight excluding hydrogens is 359 g/mol. The molecule has 0 unspecified atom stereocenters. The lowest BCUT2D eigenvalue weighted by molar-refractivity contribution is 0.304. The number of aromatic hydroxyl groups is 1. The number of halogens is 1. The molecule has 0 aliphatic carbocycles. The molecule has 0 saturated carbocycles. The van der Waals surface area contributed by atoms with Crippen LogP contribution in [0.5, 0.6) is 11.6 Å². The van der Waals surface area contributed by atoms with E-state index in [1.807, 2.05) is 30.3 Å². The molecule has 6 heteroatoms. The van der Waals surface area contributed by atoms with Gasteiger partial charge in [-0.05, 0) is 49.1 Å². The van der Waals surface area contributed by atoms with Crippen LogP contribution < -0.4 is 10.3 Å². The molecule has 2 aromatic carbocycles. The van der Waals surface area contributed by atoms with E-state index in [0.717, 1.165) is 5.56 Å². The molecule has 2 N–H and O–H groups in total. The third kappa shape index (κ3) is 4.97. The molecule has 0 fully saturated rings. The van der Waals surface area contributed by atoms with Crippen LogP contribution in [0.2, 0.25) is 0 Å². The maximum atomic E-state index is 13.4. The smallest absolute Gasteiger partial charge is 0.258 e. The zero-order chi connectivity index (χ0) is 19.9. The van der Waals surface area contributed by atoms with Gasteiger partial charge in [0, 0.05) is 5.56 Å². The van der Waals surface area contributed by atoms with Crippen LogP contribution in [0.1, 0.15) is 30.9 Å². The van der Waals surface area contributed by atoms with E-state index in [0.29, 0.717) is 24.3 Å². The number of hydrogen-bond donors (Lipinski definition) is 2. The molecule has 146 valence electrons. The van der Waals surface area contributed by atoms with Crippen molar-refractivity contribution in [3.63, 3.8) is 0 Å². The van der Waals surface area contributed by atoms with Crippen LogP contribution in [0.4, 0.5) is 4.39 Å². The van der Waals surface area contributed by atoms with E-state index in [2.05, 4.69) is 9.97 Å². The monoisotopic (exact) mass is 382 g/mol. The van der Waals surface area contributed by atoms with Crippen LogP contribution in [0.25, 0.3) is 11.4 Å². The Morgan fingerprint density at radius 2 is 1.86 bits per heavy atom. The van der Waals surface area contributed by atoms with E-state index in [-0.39, 0.29) is 30.1 Å². The zero-order valence-corrected chi connectivity index (χ0v) is 15.7. The molecule has 0 radical (unpaired) electrons. The number of nitrogens with zero attached hydrogens (tertiary/aromatic N) is 1. The van der Waals surface area contributed by atoms with Crippen LogP contribution in [0, 0.1) is 0 Å². The Labute approximate surface area is 162 Å². The van der Waals surface area contributed by atoms with Crippen molar-refractivity contribution in [2.45, 2.75) is 39.0 Å². The molecule has 3 aromatic rings. The fourth-order valence-corrected chi connectivity index (χ4v) is 2.80. The molecule has 28 heavy (non-hydrogen) atoms. The van der Waals surface area contributed by atoms with E-state index in [4.69, 9.17) is 4.74 Å². The summed E-state index contributed by atoms with van der Waals surface area (Å²) in [6, 6.07) is 16.9.